The molecule has 0 saturated heterocycles. The summed E-state index contributed by atoms with van der Waals surface area (Å²) in [4.78, 5) is 3.78. The molecular formula is C10H10F3N5. The predicted molar refractivity (Wildman–Crippen MR) is 60.3 cm³/mol. The molecule has 0 amide bonds. The van der Waals surface area contributed by atoms with Crippen molar-refractivity contribution in [3.8, 4) is 0 Å². The van der Waals surface area contributed by atoms with Crippen LogP contribution in [0, 0.1) is 6.92 Å². The summed E-state index contributed by atoms with van der Waals surface area (Å²) >= 11 is 0. The smallest absolute Gasteiger partial charge is 0.368 e. The summed E-state index contributed by atoms with van der Waals surface area (Å²) in [5.74, 6) is 0.327. The molecule has 0 saturated carbocycles. The Hall–Kier alpha value is -2.25. The maximum Gasteiger partial charge on any atom is 0.416 e. The van der Waals surface area contributed by atoms with Gasteiger partial charge in [-0.2, -0.15) is 18.2 Å². The van der Waals surface area contributed by atoms with Gasteiger partial charge in [0.2, 0.25) is 11.9 Å². The van der Waals surface area contributed by atoms with E-state index < -0.39 is 11.7 Å². The fourth-order valence-electron chi connectivity index (χ4n) is 1.52. The van der Waals surface area contributed by atoms with Crippen LogP contribution in [0.1, 0.15) is 11.1 Å². The van der Waals surface area contributed by atoms with Gasteiger partial charge in [0.1, 0.15) is 0 Å². The summed E-state index contributed by atoms with van der Waals surface area (Å²) < 4.78 is 37.6. The van der Waals surface area contributed by atoms with Crippen molar-refractivity contribution >= 4 is 17.6 Å². The highest BCUT2D eigenvalue weighted by molar-refractivity contribution is 5.56. The number of rotatable bonds is 2. The summed E-state index contributed by atoms with van der Waals surface area (Å²) in [6, 6.07) is 3.69. The predicted octanol–water partition coefficient (Wildman–Crippen LogP) is 2.46. The van der Waals surface area contributed by atoms with Crippen molar-refractivity contribution in [1.82, 2.24) is 15.2 Å². The van der Waals surface area contributed by atoms with Gasteiger partial charge in [-0.05, 0) is 30.7 Å². The Bertz CT molecular complexity index is 561. The Morgan fingerprint density at radius 2 is 2.06 bits per heavy atom. The Labute approximate surface area is 100 Å². The van der Waals surface area contributed by atoms with Crippen molar-refractivity contribution < 1.29 is 13.2 Å². The number of anilines is 3. The van der Waals surface area contributed by atoms with E-state index in [1.54, 1.807) is 0 Å². The van der Waals surface area contributed by atoms with E-state index in [-0.39, 0.29) is 17.5 Å². The lowest BCUT2D eigenvalue weighted by Crippen LogP contribution is -2.07. The summed E-state index contributed by atoms with van der Waals surface area (Å²) in [6.45, 7) is 1.39. The van der Waals surface area contributed by atoms with E-state index in [0.717, 1.165) is 6.07 Å². The number of H-pyrrole nitrogens is 1. The van der Waals surface area contributed by atoms with Gasteiger partial charge in [0.05, 0.1) is 5.56 Å². The lowest BCUT2D eigenvalue weighted by atomic mass is 10.1. The van der Waals surface area contributed by atoms with Crippen LogP contribution in [-0.4, -0.2) is 15.2 Å². The molecule has 2 rings (SSSR count). The van der Waals surface area contributed by atoms with Gasteiger partial charge in [-0.3, -0.25) is 0 Å². The van der Waals surface area contributed by atoms with Crippen molar-refractivity contribution in [3.63, 3.8) is 0 Å². The molecule has 0 fully saturated rings. The van der Waals surface area contributed by atoms with Gasteiger partial charge in [0.15, 0.2) is 0 Å². The van der Waals surface area contributed by atoms with Crippen LogP contribution in [-0.2, 0) is 6.18 Å². The lowest BCUT2D eigenvalue weighted by Gasteiger charge is -2.11. The molecular weight excluding hydrogens is 247 g/mol. The molecule has 2 aromatic rings. The monoisotopic (exact) mass is 257 g/mol. The molecule has 0 unspecified atom stereocenters. The van der Waals surface area contributed by atoms with E-state index in [0.29, 0.717) is 5.69 Å². The summed E-state index contributed by atoms with van der Waals surface area (Å²) in [7, 11) is 0. The Balaban J connectivity index is 2.24. The molecule has 5 nitrogen and oxygen atoms in total. The van der Waals surface area contributed by atoms with Crippen LogP contribution in [0.25, 0.3) is 0 Å². The number of alkyl halides is 3. The van der Waals surface area contributed by atoms with Crippen LogP contribution < -0.4 is 11.1 Å². The van der Waals surface area contributed by atoms with Crippen LogP contribution in [0.5, 0.6) is 0 Å². The highest BCUT2D eigenvalue weighted by Gasteiger charge is 2.32. The number of aromatic nitrogens is 3. The SMILES string of the molecule is Cc1cc(Nc2n[nH]c(N)n2)ccc1C(F)(F)F. The van der Waals surface area contributed by atoms with E-state index in [9.17, 15) is 13.2 Å². The molecule has 4 N–H and O–H groups in total. The number of hydrogen-bond donors (Lipinski definition) is 3. The third kappa shape index (κ3) is 2.53. The molecule has 0 bridgehead atoms. The maximum absolute atomic E-state index is 12.5. The number of halogens is 3. The third-order valence-electron chi connectivity index (χ3n) is 2.29. The molecule has 1 aromatic carbocycles. The highest BCUT2D eigenvalue weighted by atomic mass is 19.4. The van der Waals surface area contributed by atoms with Crippen molar-refractivity contribution in [2.75, 3.05) is 11.1 Å². The van der Waals surface area contributed by atoms with E-state index >= 15 is 0 Å². The van der Waals surface area contributed by atoms with Crippen molar-refractivity contribution in [3.05, 3.63) is 29.3 Å². The fraction of sp³-hybridized carbons (Fsp3) is 0.200. The average Bonchev–Trinajstić information content (AvgIpc) is 2.62. The van der Waals surface area contributed by atoms with Gasteiger partial charge in [-0.1, -0.05) is 0 Å². The van der Waals surface area contributed by atoms with Crippen molar-refractivity contribution in [2.45, 2.75) is 13.1 Å². The van der Waals surface area contributed by atoms with Crippen molar-refractivity contribution in [1.29, 1.82) is 0 Å². The zero-order chi connectivity index (χ0) is 13.3. The largest absolute Gasteiger partial charge is 0.416 e. The molecule has 0 aliphatic carbocycles. The summed E-state index contributed by atoms with van der Waals surface area (Å²) in [5, 5.41) is 8.87. The first kappa shape index (κ1) is 12.2. The molecule has 0 radical (unpaired) electrons. The minimum atomic E-state index is -4.35. The Kier molecular flexibility index (Phi) is 2.85. The quantitative estimate of drug-likeness (QED) is 0.772. The van der Waals surface area contributed by atoms with Gasteiger partial charge < -0.3 is 11.1 Å². The lowest BCUT2D eigenvalue weighted by molar-refractivity contribution is -0.138. The molecule has 1 aromatic heterocycles. The van der Waals surface area contributed by atoms with E-state index in [2.05, 4.69) is 20.5 Å². The second-order valence-corrected chi connectivity index (χ2v) is 3.70. The minimum Gasteiger partial charge on any atom is -0.368 e. The average molecular weight is 257 g/mol. The first-order valence-corrected chi connectivity index (χ1v) is 4.99. The molecule has 8 heteroatoms. The first-order valence-electron chi connectivity index (χ1n) is 4.99. The molecule has 0 aliphatic rings. The van der Waals surface area contributed by atoms with Crippen LogP contribution in [0.3, 0.4) is 0 Å². The molecule has 18 heavy (non-hydrogen) atoms. The number of nitrogens with zero attached hydrogens (tertiary/aromatic N) is 2. The van der Waals surface area contributed by atoms with Crippen LogP contribution >= 0.6 is 0 Å². The number of nitrogens with one attached hydrogen (secondary N) is 2. The zero-order valence-electron chi connectivity index (χ0n) is 9.34. The Morgan fingerprint density at radius 3 is 2.56 bits per heavy atom. The maximum atomic E-state index is 12.5. The number of aromatic amines is 1. The minimum absolute atomic E-state index is 0.121. The van der Waals surface area contributed by atoms with Crippen LogP contribution in [0.15, 0.2) is 18.2 Å². The topological polar surface area (TPSA) is 79.6 Å². The van der Waals surface area contributed by atoms with Gasteiger partial charge in [0, 0.05) is 5.69 Å². The van der Waals surface area contributed by atoms with Crippen molar-refractivity contribution in [2.24, 2.45) is 0 Å². The van der Waals surface area contributed by atoms with Gasteiger partial charge in [-0.15, -0.1) is 5.10 Å². The number of benzene rings is 1. The molecule has 0 spiro atoms. The Morgan fingerprint density at radius 1 is 1.33 bits per heavy atom. The van der Waals surface area contributed by atoms with Gasteiger partial charge in [-0.25, -0.2) is 5.10 Å². The van der Waals surface area contributed by atoms with E-state index in [1.807, 2.05) is 0 Å². The summed E-state index contributed by atoms with van der Waals surface area (Å²) in [5.41, 5.74) is 5.24. The zero-order valence-corrected chi connectivity index (χ0v) is 9.34. The number of nitrogen functional groups attached to an aromatic ring is 1. The normalized spacial score (nSPS) is 11.6. The third-order valence-corrected chi connectivity index (χ3v) is 2.29. The fourth-order valence-corrected chi connectivity index (χ4v) is 1.52. The molecule has 1 heterocycles. The van der Waals surface area contributed by atoms with Gasteiger partial charge in [0.25, 0.3) is 0 Å². The molecule has 0 aliphatic heterocycles. The van der Waals surface area contributed by atoms with Gasteiger partial charge >= 0.3 is 6.18 Å². The molecule has 0 atom stereocenters. The second-order valence-electron chi connectivity index (χ2n) is 3.70. The second kappa shape index (κ2) is 4.21. The van der Waals surface area contributed by atoms with Crippen LogP contribution in [0.4, 0.5) is 30.8 Å². The van der Waals surface area contributed by atoms with E-state index in [4.69, 9.17) is 5.73 Å². The first-order chi connectivity index (χ1) is 8.36. The number of nitrogens with two attached hydrogens (primary N) is 1. The highest BCUT2D eigenvalue weighted by Crippen LogP contribution is 2.33. The summed E-state index contributed by atoms with van der Waals surface area (Å²) in [6.07, 6.45) is -4.35. The number of hydrogen-bond acceptors (Lipinski definition) is 4. The molecule has 96 valence electrons. The number of aryl methyl sites for hydroxylation is 1. The van der Waals surface area contributed by atoms with E-state index in [1.165, 1.54) is 19.1 Å². The standard InChI is InChI=1S/C10H10F3N5/c1-5-4-6(2-3-7(5)10(11,12)13)15-9-16-8(14)17-18-9/h2-4H,1H3,(H4,14,15,16,17,18). The van der Waals surface area contributed by atoms with Crippen LogP contribution in [0.2, 0.25) is 0 Å².